The number of benzene rings is 1. The Balaban J connectivity index is 1.52. The lowest BCUT2D eigenvalue weighted by molar-refractivity contribution is -0.122. The van der Waals surface area contributed by atoms with Crippen LogP contribution in [-0.2, 0) is 13.5 Å². The van der Waals surface area contributed by atoms with E-state index in [4.69, 9.17) is 0 Å². The molecule has 4 rings (SSSR count). The third-order valence-electron chi connectivity index (χ3n) is 4.96. The van der Waals surface area contributed by atoms with E-state index < -0.39 is 18.8 Å². The number of nitrogens with one attached hydrogen (secondary N) is 2. The number of alkyl halides is 3. The average Bonchev–Trinajstić information content (AvgIpc) is 3.37. The van der Waals surface area contributed by atoms with Gasteiger partial charge in [0.25, 0.3) is 0 Å². The maximum absolute atomic E-state index is 12.7. The van der Waals surface area contributed by atoms with Crippen molar-refractivity contribution in [3.05, 3.63) is 72.6 Å². The summed E-state index contributed by atoms with van der Waals surface area (Å²) in [5.74, 6) is -0.0679. The minimum absolute atomic E-state index is 0.0679. The number of carbonyl (C=O) groups is 2. The van der Waals surface area contributed by atoms with Crippen LogP contribution in [0.3, 0.4) is 0 Å². The maximum Gasteiger partial charge on any atom is 0.405 e. The van der Waals surface area contributed by atoms with E-state index in [-0.39, 0.29) is 12.2 Å². The summed E-state index contributed by atoms with van der Waals surface area (Å²) in [4.78, 5) is 32.8. The van der Waals surface area contributed by atoms with Gasteiger partial charge in [0.15, 0.2) is 5.78 Å². The first-order valence-corrected chi connectivity index (χ1v) is 9.87. The summed E-state index contributed by atoms with van der Waals surface area (Å²) in [6, 6.07) is 9.06. The molecule has 0 aliphatic carbocycles. The number of urea groups is 1. The Morgan fingerprint density at radius 1 is 1.12 bits per heavy atom. The molecule has 0 unspecified atom stereocenters. The first-order valence-electron chi connectivity index (χ1n) is 9.87. The van der Waals surface area contributed by atoms with Crippen LogP contribution in [0, 0.1) is 0 Å². The predicted molar refractivity (Wildman–Crippen MR) is 115 cm³/mol. The van der Waals surface area contributed by atoms with Gasteiger partial charge in [-0.1, -0.05) is 12.1 Å². The summed E-state index contributed by atoms with van der Waals surface area (Å²) >= 11 is 0. The second kappa shape index (κ2) is 8.77. The van der Waals surface area contributed by atoms with Crippen LogP contribution in [-0.4, -0.2) is 43.5 Å². The van der Waals surface area contributed by atoms with Crippen LogP contribution in [0.1, 0.15) is 16.1 Å². The molecule has 2 N–H and O–H groups in total. The number of ketones is 1. The number of nitrogens with zero attached hydrogens (tertiary/aromatic N) is 4. The van der Waals surface area contributed by atoms with E-state index in [0.29, 0.717) is 28.2 Å². The number of Topliss-reactive ketones (excluding diaryl/α,β-unsaturated/α-hetero) is 1. The van der Waals surface area contributed by atoms with Gasteiger partial charge in [-0.2, -0.15) is 13.2 Å². The summed E-state index contributed by atoms with van der Waals surface area (Å²) in [6.45, 7) is -1.42. The zero-order valence-electron chi connectivity index (χ0n) is 17.4. The van der Waals surface area contributed by atoms with Gasteiger partial charge in [0.05, 0.1) is 24.6 Å². The van der Waals surface area contributed by atoms with Gasteiger partial charge in [0, 0.05) is 41.9 Å². The SMILES string of the molecule is Cn1cncc1CC(=O)c1ccn2c(-c3cccc(NC(=O)NCC(F)(F)F)c3)cnc2c1. The molecule has 0 atom stereocenters. The first-order chi connectivity index (χ1) is 15.7. The van der Waals surface area contributed by atoms with Crippen molar-refractivity contribution in [3.8, 4) is 11.3 Å². The molecule has 33 heavy (non-hydrogen) atoms. The average molecular weight is 456 g/mol. The van der Waals surface area contributed by atoms with Crippen LogP contribution in [0.25, 0.3) is 16.9 Å². The summed E-state index contributed by atoms with van der Waals surface area (Å²) in [5, 5.41) is 4.14. The highest BCUT2D eigenvalue weighted by Gasteiger charge is 2.27. The molecular weight excluding hydrogens is 437 g/mol. The number of pyridine rings is 1. The zero-order valence-corrected chi connectivity index (χ0v) is 17.4. The van der Waals surface area contributed by atoms with Crippen molar-refractivity contribution in [2.24, 2.45) is 7.05 Å². The number of anilines is 1. The highest BCUT2D eigenvalue weighted by Crippen LogP contribution is 2.24. The topological polar surface area (TPSA) is 93.3 Å². The lowest BCUT2D eigenvalue weighted by atomic mass is 10.1. The fourth-order valence-electron chi connectivity index (χ4n) is 3.30. The van der Waals surface area contributed by atoms with Crippen molar-refractivity contribution in [2.45, 2.75) is 12.6 Å². The van der Waals surface area contributed by atoms with Crippen LogP contribution in [0.5, 0.6) is 0 Å². The molecule has 1 aromatic carbocycles. The Kier molecular flexibility index (Phi) is 5.86. The van der Waals surface area contributed by atoms with E-state index in [0.717, 1.165) is 5.69 Å². The molecular formula is C22H19F3N6O2. The van der Waals surface area contributed by atoms with E-state index >= 15 is 0 Å². The molecule has 4 aromatic rings. The second-order valence-corrected chi connectivity index (χ2v) is 7.39. The smallest absolute Gasteiger partial charge is 0.337 e. The Morgan fingerprint density at radius 3 is 2.67 bits per heavy atom. The minimum atomic E-state index is -4.49. The normalized spacial score (nSPS) is 11.5. The molecule has 0 radical (unpaired) electrons. The molecule has 0 spiro atoms. The standard InChI is InChI=1S/C22H19F3N6O2/c1-30-13-26-10-17(30)9-19(32)15-5-6-31-18(11-27-20(31)8-15)14-3-2-4-16(7-14)29-21(33)28-12-22(23,24)25/h2-8,10-11,13H,9,12H2,1H3,(H2,28,29,33). The van der Waals surface area contributed by atoms with E-state index in [9.17, 15) is 22.8 Å². The summed E-state index contributed by atoms with van der Waals surface area (Å²) < 4.78 is 40.4. The molecule has 3 heterocycles. The number of hydrogen-bond acceptors (Lipinski definition) is 4. The molecule has 3 aromatic heterocycles. The van der Waals surface area contributed by atoms with Gasteiger partial charge in [-0.05, 0) is 24.3 Å². The molecule has 0 saturated carbocycles. The number of aromatic nitrogens is 4. The molecule has 8 nitrogen and oxygen atoms in total. The molecule has 0 aliphatic heterocycles. The van der Waals surface area contributed by atoms with Crippen molar-refractivity contribution in [3.63, 3.8) is 0 Å². The number of carbonyl (C=O) groups excluding carboxylic acids is 2. The van der Waals surface area contributed by atoms with Crippen LogP contribution in [0.15, 0.2) is 61.3 Å². The molecule has 170 valence electrons. The lowest BCUT2D eigenvalue weighted by Gasteiger charge is -2.11. The van der Waals surface area contributed by atoms with Crippen molar-refractivity contribution < 1.29 is 22.8 Å². The van der Waals surface area contributed by atoms with E-state index in [1.54, 1.807) is 75.6 Å². The zero-order chi connectivity index (χ0) is 23.6. The second-order valence-electron chi connectivity index (χ2n) is 7.39. The van der Waals surface area contributed by atoms with Gasteiger partial charge < -0.3 is 15.2 Å². The number of halogens is 3. The van der Waals surface area contributed by atoms with Crippen molar-refractivity contribution in [1.29, 1.82) is 0 Å². The van der Waals surface area contributed by atoms with Crippen LogP contribution >= 0.6 is 0 Å². The quantitative estimate of drug-likeness (QED) is 0.431. The van der Waals surface area contributed by atoms with Crippen LogP contribution in [0.2, 0.25) is 0 Å². The summed E-state index contributed by atoms with van der Waals surface area (Å²) in [5.41, 5.74) is 3.57. The Hall–Kier alpha value is -4.15. The van der Waals surface area contributed by atoms with Gasteiger partial charge in [-0.15, -0.1) is 0 Å². The third-order valence-corrected chi connectivity index (χ3v) is 4.96. The predicted octanol–water partition coefficient (Wildman–Crippen LogP) is 3.84. The van der Waals surface area contributed by atoms with E-state index in [2.05, 4.69) is 15.3 Å². The van der Waals surface area contributed by atoms with E-state index in [1.807, 2.05) is 7.05 Å². The molecule has 0 aliphatic rings. The van der Waals surface area contributed by atoms with Gasteiger partial charge >= 0.3 is 12.2 Å². The van der Waals surface area contributed by atoms with Crippen molar-refractivity contribution >= 4 is 23.1 Å². The highest BCUT2D eigenvalue weighted by atomic mass is 19.4. The van der Waals surface area contributed by atoms with Gasteiger partial charge in [0.2, 0.25) is 0 Å². The number of imidazole rings is 2. The molecule has 0 bridgehead atoms. The third kappa shape index (κ3) is 5.20. The van der Waals surface area contributed by atoms with Gasteiger partial charge in [0.1, 0.15) is 12.2 Å². The van der Waals surface area contributed by atoms with Gasteiger partial charge in [-0.25, -0.2) is 14.8 Å². The Bertz CT molecular complexity index is 1330. The Morgan fingerprint density at radius 2 is 1.94 bits per heavy atom. The largest absolute Gasteiger partial charge is 0.405 e. The number of amides is 2. The molecule has 2 amide bonds. The molecule has 0 saturated heterocycles. The number of fused-ring (bicyclic) bond motifs is 1. The molecule has 0 fully saturated rings. The highest BCUT2D eigenvalue weighted by molar-refractivity contribution is 5.98. The Labute approximate surface area is 186 Å². The first kappa shape index (κ1) is 22.1. The summed E-state index contributed by atoms with van der Waals surface area (Å²) in [7, 11) is 1.82. The van der Waals surface area contributed by atoms with Crippen molar-refractivity contribution in [1.82, 2.24) is 24.3 Å². The molecule has 11 heteroatoms. The summed E-state index contributed by atoms with van der Waals surface area (Å²) in [6.07, 6.45) is 2.35. The van der Waals surface area contributed by atoms with Crippen molar-refractivity contribution in [2.75, 3.05) is 11.9 Å². The monoisotopic (exact) mass is 456 g/mol. The van der Waals surface area contributed by atoms with Crippen LogP contribution < -0.4 is 10.6 Å². The minimum Gasteiger partial charge on any atom is -0.337 e. The fourth-order valence-corrected chi connectivity index (χ4v) is 3.30. The van der Waals surface area contributed by atoms with Gasteiger partial charge in [-0.3, -0.25) is 9.20 Å². The number of hydrogen-bond donors (Lipinski definition) is 2. The lowest BCUT2D eigenvalue weighted by Crippen LogP contribution is -2.36. The number of aryl methyl sites for hydroxylation is 1. The number of rotatable bonds is 6. The maximum atomic E-state index is 12.7. The van der Waals surface area contributed by atoms with E-state index in [1.165, 1.54) is 0 Å². The fraction of sp³-hybridized carbons (Fsp3) is 0.182. The van der Waals surface area contributed by atoms with Crippen LogP contribution in [0.4, 0.5) is 23.7 Å².